The van der Waals surface area contributed by atoms with Crippen molar-refractivity contribution in [2.45, 2.75) is 12.5 Å². The van der Waals surface area contributed by atoms with Crippen molar-refractivity contribution in [1.29, 1.82) is 0 Å². The van der Waals surface area contributed by atoms with Crippen LogP contribution in [0.3, 0.4) is 0 Å². The van der Waals surface area contributed by atoms with E-state index in [2.05, 4.69) is 20.4 Å². The first-order valence-electron chi connectivity index (χ1n) is 8.52. The zero-order valence-electron chi connectivity index (χ0n) is 14.9. The van der Waals surface area contributed by atoms with Crippen LogP contribution in [0.2, 0.25) is 0 Å². The molecule has 1 heterocycles. The minimum atomic E-state index is -0.480. The first-order valence-corrected chi connectivity index (χ1v) is 8.52. The summed E-state index contributed by atoms with van der Waals surface area (Å²) in [6, 6.07) is 13.4. The van der Waals surface area contributed by atoms with Gasteiger partial charge in [-0.2, -0.15) is 0 Å². The number of fused-ring (bicyclic) bond motifs is 1. The molecule has 3 rings (SSSR count). The number of nitrogens with one attached hydrogen (secondary N) is 3. The highest BCUT2D eigenvalue weighted by atomic mass is 16.5. The summed E-state index contributed by atoms with van der Waals surface area (Å²) in [5.74, 6) is -0.480. The molecule has 0 fully saturated rings. The second kappa shape index (κ2) is 8.37. The second-order valence-electron chi connectivity index (χ2n) is 6.11. The first kappa shape index (κ1) is 18.5. The number of esters is 1. The molecule has 0 saturated carbocycles. The van der Waals surface area contributed by atoms with E-state index in [1.807, 2.05) is 30.5 Å². The van der Waals surface area contributed by atoms with Gasteiger partial charge in [0.25, 0.3) is 0 Å². The molecule has 1 atom stereocenters. The Bertz CT molecular complexity index is 951. The van der Waals surface area contributed by atoms with E-state index in [1.54, 1.807) is 18.2 Å². The number of carbonyl (C=O) groups is 2. The lowest BCUT2D eigenvalue weighted by Gasteiger charge is -2.17. The Morgan fingerprint density at radius 3 is 2.78 bits per heavy atom. The third-order valence-electron chi connectivity index (χ3n) is 4.24. The fourth-order valence-corrected chi connectivity index (χ4v) is 2.92. The molecule has 3 aromatic rings. The number of hydrogen-bond donors (Lipinski definition) is 4. The van der Waals surface area contributed by atoms with Gasteiger partial charge in [-0.15, -0.1) is 0 Å². The van der Waals surface area contributed by atoms with E-state index in [0.717, 1.165) is 16.5 Å². The lowest BCUT2D eigenvalue weighted by molar-refractivity contribution is 0.0600. The van der Waals surface area contributed by atoms with Gasteiger partial charge in [0, 0.05) is 22.8 Å². The third-order valence-corrected chi connectivity index (χ3v) is 4.24. The molecule has 4 N–H and O–H groups in total. The maximum absolute atomic E-state index is 12.3. The number of carbonyl (C=O) groups excluding carboxylic acids is 2. The number of anilines is 1. The van der Waals surface area contributed by atoms with Crippen LogP contribution in [0.1, 0.15) is 15.9 Å². The number of benzene rings is 2. The predicted molar refractivity (Wildman–Crippen MR) is 103 cm³/mol. The maximum Gasteiger partial charge on any atom is 0.337 e. The zero-order valence-corrected chi connectivity index (χ0v) is 14.9. The van der Waals surface area contributed by atoms with Crippen molar-refractivity contribution in [3.63, 3.8) is 0 Å². The number of methoxy groups -OCH3 is 1. The van der Waals surface area contributed by atoms with Crippen LogP contribution < -0.4 is 10.6 Å². The lowest BCUT2D eigenvalue weighted by atomic mass is 10.1. The van der Waals surface area contributed by atoms with Crippen LogP contribution in [0, 0.1) is 0 Å². The van der Waals surface area contributed by atoms with Crippen LogP contribution >= 0.6 is 0 Å². The Hall–Kier alpha value is -3.32. The Balaban J connectivity index is 1.64. The van der Waals surface area contributed by atoms with Crippen molar-refractivity contribution >= 4 is 28.6 Å². The van der Waals surface area contributed by atoms with Gasteiger partial charge < -0.3 is 25.5 Å². The number of aliphatic hydroxyl groups is 1. The normalized spacial score (nSPS) is 11.8. The highest BCUT2D eigenvalue weighted by Crippen LogP contribution is 2.19. The number of urea groups is 1. The van der Waals surface area contributed by atoms with Crippen LogP contribution in [0.4, 0.5) is 10.5 Å². The maximum atomic E-state index is 12.3. The summed E-state index contributed by atoms with van der Waals surface area (Å²) in [5, 5.41) is 16.1. The largest absolute Gasteiger partial charge is 0.465 e. The summed E-state index contributed by atoms with van der Waals surface area (Å²) in [6.07, 6.45) is 2.36. The Morgan fingerprint density at radius 2 is 2.00 bits per heavy atom. The van der Waals surface area contributed by atoms with Gasteiger partial charge in [-0.3, -0.25) is 0 Å². The van der Waals surface area contributed by atoms with Gasteiger partial charge in [-0.1, -0.05) is 24.3 Å². The molecule has 0 spiro atoms. The van der Waals surface area contributed by atoms with Crippen LogP contribution in [-0.4, -0.2) is 41.8 Å². The molecule has 27 heavy (non-hydrogen) atoms. The topological polar surface area (TPSA) is 103 Å². The first-order chi connectivity index (χ1) is 13.1. The Labute approximate surface area is 156 Å². The van der Waals surface area contributed by atoms with E-state index in [0.29, 0.717) is 17.7 Å². The Kier molecular flexibility index (Phi) is 5.73. The predicted octanol–water partition coefficient (Wildman–Crippen LogP) is 2.68. The van der Waals surface area contributed by atoms with Gasteiger partial charge in [0.1, 0.15) is 0 Å². The van der Waals surface area contributed by atoms with E-state index in [9.17, 15) is 14.7 Å². The van der Waals surface area contributed by atoms with E-state index >= 15 is 0 Å². The lowest BCUT2D eigenvalue weighted by Crippen LogP contribution is -2.41. The monoisotopic (exact) mass is 367 g/mol. The summed E-state index contributed by atoms with van der Waals surface area (Å²) in [5.41, 5.74) is 2.82. The van der Waals surface area contributed by atoms with Gasteiger partial charge in [0.05, 0.1) is 25.3 Å². The molecule has 0 aliphatic carbocycles. The summed E-state index contributed by atoms with van der Waals surface area (Å²) in [7, 11) is 1.30. The summed E-state index contributed by atoms with van der Waals surface area (Å²) in [4.78, 5) is 27.0. The molecule has 0 aliphatic rings. The van der Waals surface area contributed by atoms with Crippen molar-refractivity contribution in [2.24, 2.45) is 0 Å². The molecule has 1 unspecified atom stereocenters. The van der Waals surface area contributed by atoms with Crippen molar-refractivity contribution in [3.05, 3.63) is 65.9 Å². The zero-order chi connectivity index (χ0) is 19.2. The number of aromatic nitrogens is 1. The number of aromatic amines is 1. The average molecular weight is 367 g/mol. The molecule has 7 heteroatoms. The van der Waals surface area contributed by atoms with Crippen molar-refractivity contribution in [2.75, 3.05) is 19.0 Å². The number of amides is 2. The number of hydrogen-bond acceptors (Lipinski definition) is 4. The highest BCUT2D eigenvalue weighted by molar-refractivity contribution is 5.94. The molecule has 7 nitrogen and oxygen atoms in total. The van der Waals surface area contributed by atoms with Crippen molar-refractivity contribution < 1.29 is 19.4 Å². The SMILES string of the molecule is COC(=O)c1cccc(NC(=O)NC(CO)Cc2c[nH]c3ccccc23)c1. The van der Waals surface area contributed by atoms with E-state index in [1.165, 1.54) is 13.2 Å². The Morgan fingerprint density at radius 1 is 1.19 bits per heavy atom. The van der Waals surface area contributed by atoms with Gasteiger partial charge >= 0.3 is 12.0 Å². The molecule has 0 bridgehead atoms. The molecule has 0 radical (unpaired) electrons. The quantitative estimate of drug-likeness (QED) is 0.503. The van der Waals surface area contributed by atoms with Crippen LogP contribution in [-0.2, 0) is 11.2 Å². The third kappa shape index (κ3) is 4.45. The summed E-state index contributed by atoms with van der Waals surface area (Å²) >= 11 is 0. The van der Waals surface area contributed by atoms with Crippen LogP contribution in [0.25, 0.3) is 10.9 Å². The smallest absolute Gasteiger partial charge is 0.337 e. The van der Waals surface area contributed by atoms with Gasteiger partial charge in [-0.25, -0.2) is 9.59 Å². The van der Waals surface area contributed by atoms with Crippen LogP contribution in [0.15, 0.2) is 54.7 Å². The second-order valence-corrected chi connectivity index (χ2v) is 6.11. The van der Waals surface area contributed by atoms with E-state index in [-0.39, 0.29) is 6.61 Å². The molecular weight excluding hydrogens is 346 g/mol. The number of ether oxygens (including phenoxy) is 1. The summed E-state index contributed by atoms with van der Waals surface area (Å²) < 4.78 is 4.67. The molecule has 0 saturated heterocycles. The molecule has 0 aliphatic heterocycles. The van der Waals surface area contributed by atoms with Gasteiger partial charge in [0.15, 0.2) is 0 Å². The number of H-pyrrole nitrogens is 1. The standard InChI is InChI=1S/C20H21N3O4/c1-27-19(25)13-5-4-6-15(9-13)22-20(26)23-16(12-24)10-14-11-21-18-8-3-2-7-17(14)18/h2-9,11,16,21,24H,10,12H2,1H3,(H2,22,23,26). The van der Waals surface area contributed by atoms with Crippen LogP contribution in [0.5, 0.6) is 0 Å². The molecule has 2 aromatic carbocycles. The van der Waals surface area contributed by atoms with Gasteiger partial charge in [0.2, 0.25) is 0 Å². The molecule has 140 valence electrons. The number of rotatable bonds is 6. The molecular formula is C20H21N3O4. The average Bonchev–Trinajstić information content (AvgIpc) is 3.10. The van der Waals surface area contributed by atoms with E-state index < -0.39 is 18.0 Å². The number of para-hydroxylation sites is 1. The van der Waals surface area contributed by atoms with Gasteiger partial charge in [-0.05, 0) is 36.2 Å². The highest BCUT2D eigenvalue weighted by Gasteiger charge is 2.15. The fourth-order valence-electron chi connectivity index (χ4n) is 2.92. The minimum absolute atomic E-state index is 0.199. The fraction of sp³-hybridized carbons (Fsp3) is 0.200. The number of aliphatic hydroxyl groups excluding tert-OH is 1. The van der Waals surface area contributed by atoms with Crippen molar-refractivity contribution in [1.82, 2.24) is 10.3 Å². The summed E-state index contributed by atoms with van der Waals surface area (Å²) in [6.45, 7) is -0.199. The molecule has 2 amide bonds. The van der Waals surface area contributed by atoms with Crippen molar-refractivity contribution in [3.8, 4) is 0 Å². The van der Waals surface area contributed by atoms with E-state index in [4.69, 9.17) is 0 Å². The molecule has 1 aromatic heterocycles. The minimum Gasteiger partial charge on any atom is -0.465 e.